The highest BCUT2D eigenvalue weighted by Gasteiger charge is 2.15. The Kier molecular flexibility index (Phi) is 7.92. The van der Waals surface area contributed by atoms with Crippen molar-refractivity contribution in [3.8, 4) is 5.75 Å². The third-order valence-electron chi connectivity index (χ3n) is 4.72. The molecule has 0 radical (unpaired) electrons. The zero-order valence-corrected chi connectivity index (χ0v) is 20.2. The van der Waals surface area contributed by atoms with Gasteiger partial charge in [-0.15, -0.1) is 16.8 Å². The summed E-state index contributed by atoms with van der Waals surface area (Å²) in [6.45, 7) is 8.37. The third-order valence-corrected chi connectivity index (χ3v) is 6.15. The van der Waals surface area contributed by atoms with Crippen molar-refractivity contribution in [2.45, 2.75) is 32.0 Å². The second kappa shape index (κ2) is 10.6. The largest absolute Gasteiger partial charge is 0.497 e. The Labute approximate surface area is 195 Å². The Balaban J connectivity index is 1.68. The molecule has 1 amide bonds. The van der Waals surface area contributed by atoms with Crippen LogP contribution in [0.2, 0.25) is 0 Å². The van der Waals surface area contributed by atoms with Crippen molar-refractivity contribution in [3.05, 3.63) is 76.0 Å². The average Bonchev–Trinajstić information content (AvgIpc) is 3.11. The fraction of sp³-hybridized carbons (Fsp3) is 0.261. The topological polar surface area (TPSA) is 69.0 Å². The number of carbonyl (C=O) groups excluding carboxylic acids is 1. The Hall–Kier alpha value is -2.58. The first kappa shape index (κ1) is 23.1. The van der Waals surface area contributed by atoms with E-state index in [0.29, 0.717) is 18.1 Å². The summed E-state index contributed by atoms with van der Waals surface area (Å²) < 4.78 is 8.20. The molecule has 3 rings (SSSR count). The first-order valence-corrected chi connectivity index (χ1v) is 11.5. The number of halogens is 1. The first-order valence-electron chi connectivity index (χ1n) is 9.76. The molecule has 31 heavy (non-hydrogen) atoms. The minimum atomic E-state index is -0.0802. The number of anilines is 1. The molecule has 0 unspecified atom stereocenters. The van der Waals surface area contributed by atoms with E-state index in [2.05, 4.69) is 38.0 Å². The number of thioether (sulfide) groups is 1. The van der Waals surface area contributed by atoms with Crippen molar-refractivity contribution in [1.29, 1.82) is 0 Å². The van der Waals surface area contributed by atoms with Gasteiger partial charge in [-0.2, -0.15) is 0 Å². The van der Waals surface area contributed by atoms with E-state index in [0.717, 1.165) is 38.4 Å². The van der Waals surface area contributed by atoms with E-state index in [1.807, 2.05) is 54.8 Å². The highest BCUT2D eigenvalue weighted by atomic mass is 79.9. The Bertz CT molecular complexity index is 1060. The number of ether oxygens (including phenoxy) is 1. The number of aryl methyl sites for hydroxylation is 2. The fourth-order valence-corrected chi connectivity index (χ4v) is 4.66. The summed E-state index contributed by atoms with van der Waals surface area (Å²) >= 11 is 4.85. The molecule has 0 saturated heterocycles. The molecular weight excluding hydrogens is 476 g/mol. The SMILES string of the molecule is C=CCn1c(Cc2ccc(OC)cc2)nnc1SCC(=O)Nc1c(C)cc(Br)cc1C. The van der Waals surface area contributed by atoms with Crippen molar-refractivity contribution in [2.24, 2.45) is 0 Å². The second-order valence-corrected chi connectivity index (χ2v) is 8.93. The van der Waals surface area contributed by atoms with Gasteiger partial charge in [-0.05, 0) is 54.8 Å². The van der Waals surface area contributed by atoms with Gasteiger partial charge in [0.25, 0.3) is 0 Å². The molecule has 1 aromatic heterocycles. The van der Waals surface area contributed by atoms with Gasteiger partial charge < -0.3 is 14.6 Å². The van der Waals surface area contributed by atoms with Gasteiger partial charge in [-0.3, -0.25) is 4.79 Å². The number of hydrogen-bond donors (Lipinski definition) is 1. The maximum Gasteiger partial charge on any atom is 0.234 e. The van der Waals surface area contributed by atoms with E-state index in [4.69, 9.17) is 4.74 Å². The van der Waals surface area contributed by atoms with E-state index in [9.17, 15) is 4.79 Å². The lowest BCUT2D eigenvalue weighted by Crippen LogP contribution is -2.16. The third kappa shape index (κ3) is 5.98. The molecule has 8 heteroatoms. The van der Waals surface area contributed by atoms with Gasteiger partial charge in [0.15, 0.2) is 5.16 Å². The van der Waals surface area contributed by atoms with Crippen molar-refractivity contribution in [2.75, 3.05) is 18.2 Å². The molecule has 0 saturated carbocycles. The maximum absolute atomic E-state index is 12.6. The van der Waals surface area contributed by atoms with Crippen molar-refractivity contribution < 1.29 is 9.53 Å². The van der Waals surface area contributed by atoms with Crippen LogP contribution in [0.4, 0.5) is 5.69 Å². The summed E-state index contributed by atoms with van der Waals surface area (Å²) in [4.78, 5) is 12.6. The van der Waals surface area contributed by atoms with Gasteiger partial charge in [0, 0.05) is 23.1 Å². The van der Waals surface area contributed by atoms with Crippen LogP contribution in [-0.2, 0) is 17.8 Å². The van der Waals surface area contributed by atoms with Gasteiger partial charge in [-0.1, -0.05) is 45.9 Å². The van der Waals surface area contributed by atoms with Crippen LogP contribution in [0.3, 0.4) is 0 Å². The molecule has 3 aromatic rings. The van der Waals surface area contributed by atoms with Crippen molar-refractivity contribution in [1.82, 2.24) is 14.8 Å². The smallest absolute Gasteiger partial charge is 0.234 e. The summed E-state index contributed by atoms with van der Waals surface area (Å²) in [7, 11) is 1.65. The molecule has 1 N–H and O–H groups in total. The van der Waals surface area contributed by atoms with Gasteiger partial charge in [0.2, 0.25) is 5.91 Å². The summed E-state index contributed by atoms with van der Waals surface area (Å²) in [5, 5.41) is 12.4. The number of rotatable bonds is 9. The van der Waals surface area contributed by atoms with E-state index in [-0.39, 0.29) is 11.7 Å². The molecule has 0 fully saturated rings. The summed E-state index contributed by atoms with van der Waals surface area (Å²) in [5.74, 6) is 1.80. The van der Waals surface area contributed by atoms with Crippen LogP contribution in [0.25, 0.3) is 0 Å². The number of aromatic nitrogens is 3. The number of nitrogens with one attached hydrogen (secondary N) is 1. The predicted octanol–water partition coefficient (Wildman–Crippen LogP) is 5.17. The zero-order valence-electron chi connectivity index (χ0n) is 17.8. The van der Waals surface area contributed by atoms with Crippen LogP contribution in [0, 0.1) is 13.8 Å². The van der Waals surface area contributed by atoms with E-state index < -0.39 is 0 Å². The Morgan fingerprint density at radius 1 is 1.23 bits per heavy atom. The molecular formula is C23H25BrN4O2S. The highest BCUT2D eigenvalue weighted by molar-refractivity contribution is 9.10. The van der Waals surface area contributed by atoms with E-state index >= 15 is 0 Å². The van der Waals surface area contributed by atoms with Crippen LogP contribution in [0.15, 0.2) is 58.7 Å². The second-order valence-electron chi connectivity index (χ2n) is 7.07. The number of amides is 1. The minimum Gasteiger partial charge on any atom is -0.497 e. The maximum atomic E-state index is 12.6. The lowest BCUT2D eigenvalue weighted by Gasteiger charge is -2.12. The van der Waals surface area contributed by atoms with E-state index in [1.54, 1.807) is 13.2 Å². The van der Waals surface area contributed by atoms with Crippen molar-refractivity contribution >= 4 is 39.3 Å². The summed E-state index contributed by atoms with van der Waals surface area (Å²) in [6.07, 6.45) is 2.44. The van der Waals surface area contributed by atoms with Gasteiger partial charge in [0.05, 0.1) is 12.9 Å². The van der Waals surface area contributed by atoms with Gasteiger partial charge in [0.1, 0.15) is 11.6 Å². The van der Waals surface area contributed by atoms with Crippen LogP contribution in [-0.4, -0.2) is 33.5 Å². The molecule has 1 heterocycles. The fourth-order valence-electron chi connectivity index (χ4n) is 3.21. The molecule has 2 aromatic carbocycles. The standard InChI is InChI=1S/C23H25BrN4O2S/c1-5-10-28-20(13-17-6-8-19(30-4)9-7-17)26-27-23(28)31-14-21(29)25-22-15(2)11-18(24)12-16(22)3/h5-9,11-12H,1,10,13-14H2,2-4H3,(H,25,29). The summed E-state index contributed by atoms with van der Waals surface area (Å²) in [5.41, 5.74) is 3.99. The number of nitrogens with zero attached hydrogens (tertiary/aromatic N) is 3. The lowest BCUT2D eigenvalue weighted by atomic mass is 10.1. The normalized spacial score (nSPS) is 10.7. The van der Waals surface area contributed by atoms with E-state index in [1.165, 1.54) is 11.8 Å². The van der Waals surface area contributed by atoms with Gasteiger partial charge in [-0.25, -0.2) is 0 Å². The molecule has 0 atom stereocenters. The average molecular weight is 501 g/mol. The number of carbonyl (C=O) groups is 1. The number of hydrogen-bond acceptors (Lipinski definition) is 5. The van der Waals surface area contributed by atoms with Crippen molar-refractivity contribution in [3.63, 3.8) is 0 Å². The lowest BCUT2D eigenvalue weighted by molar-refractivity contribution is -0.113. The molecule has 0 bridgehead atoms. The molecule has 0 spiro atoms. The Morgan fingerprint density at radius 3 is 2.52 bits per heavy atom. The monoisotopic (exact) mass is 500 g/mol. The number of benzene rings is 2. The molecule has 0 aliphatic heterocycles. The van der Waals surface area contributed by atoms with Crippen LogP contribution < -0.4 is 10.1 Å². The zero-order chi connectivity index (χ0) is 22.4. The predicted molar refractivity (Wildman–Crippen MR) is 129 cm³/mol. The molecule has 6 nitrogen and oxygen atoms in total. The van der Waals surface area contributed by atoms with Crippen LogP contribution in [0.5, 0.6) is 5.75 Å². The number of allylic oxidation sites excluding steroid dienone is 1. The highest BCUT2D eigenvalue weighted by Crippen LogP contribution is 2.26. The minimum absolute atomic E-state index is 0.0802. The Morgan fingerprint density at radius 2 is 1.90 bits per heavy atom. The van der Waals surface area contributed by atoms with Crippen LogP contribution in [0.1, 0.15) is 22.5 Å². The number of methoxy groups -OCH3 is 1. The molecule has 0 aliphatic rings. The summed E-state index contributed by atoms with van der Waals surface area (Å²) in [6, 6.07) is 11.8. The molecule has 162 valence electrons. The quantitative estimate of drug-likeness (QED) is 0.324. The van der Waals surface area contributed by atoms with Crippen LogP contribution >= 0.6 is 27.7 Å². The first-order chi connectivity index (χ1) is 14.9. The molecule has 0 aliphatic carbocycles. The van der Waals surface area contributed by atoms with Gasteiger partial charge >= 0.3 is 0 Å².